The van der Waals surface area contributed by atoms with E-state index in [0.29, 0.717) is 11.4 Å². The van der Waals surface area contributed by atoms with E-state index in [1.807, 2.05) is 0 Å². The van der Waals surface area contributed by atoms with Gasteiger partial charge < -0.3 is 14.5 Å². The number of anilines is 1. The lowest BCUT2D eigenvalue weighted by Gasteiger charge is -2.18. The Balaban J connectivity index is 1.47. The number of oxazole rings is 1. The molecule has 150 valence electrons. The molecular formula is C19H21F2N3O4. The molecule has 3 rings (SSSR count). The van der Waals surface area contributed by atoms with Crippen LogP contribution in [0.5, 0.6) is 0 Å². The molecule has 2 unspecified atom stereocenters. The highest BCUT2D eigenvalue weighted by atomic mass is 19.3. The van der Waals surface area contributed by atoms with Gasteiger partial charge in [-0.2, -0.15) is 0 Å². The Morgan fingerprint density at radius 2 is 2.11 bits per heavy atom. The van der Waals surface area contributed by atoms with Crippen LogP contribution in [-0.2, 0) is 16.1 Å². The second-order valence-electron chi connectivity index (χ2n) is 6.82. The molecule has 2 N–H and O–H groups in total. The van der Waals surface area contributed by atoms with Crippen LogP contribution in [0, 0.1) is 5.92 Å². The Morgan fingerprint density at radius 1 is 1.36 bits per heavy atom. The molecule has 1 heterocycles. The number of carbonyl (C=O) groups excluding carboxylic acids is 2. The first kappa shape index (κ1) is 19.8. The number of aromatic nitrogens is 1. The minimum absolute atomic E-state index is 0.0345. The Morgan fingerprint density at radius 3 is 2.71 bits per heavy atom. The first-order valence-electron chi connectivity index (χ1n) is 8.92. The van der Waals surface area contributed by atoms with E-state index in [1.165, 1.54) is 12.6 Å². The van der Waals surface area contributed by atoms with E-state index in [1.54, 1.807) is 31.2 Å². The average Bonchev–Trinajstić information content (AvgIpc) is 3.29. The summed E-state index contributed by atoms with van der Waals surface area (Å²) >= 11 is 0. The topological polar surface area (TPSA) is 93.5 Å². The van der Waals surface area contributed by atoms with Crippen molar-refractivity contribution in [1.82, 2.24) is 10.3 Å². The number of halogens is 2. The van der Waals surface area contributed by atoms with Crippen LogP contribution in [0.15, 0.2) is 41.3 Å². The van der Waals surface area contributed by atoms with Crippen LogP contribution in [0.25, 0.3) is 0 Å². The molecular weight excluding hydrogens is 372 g/mol. The van der Waals surface area contributed by atoms with Crippen LogP contribution in [0.3, 0.4) is 0 Å². The monoisotopic (exact) mass is 393 g/mol. The first-order valence-corrected chi connectivity index (χ1v) is 8.92. The van der Waals surface area contributed by atoms with Crippen LogP contribution in [0.2, 0.25) is 0 Å². The van der Waals surface area contributed by atoms with Crippen LogP contribution in [0.1, 0.15) is 43.6 Å². The molecule has 1 fully saturated rings. The lowest BCUT2D eigenvalue weighted by Crippen LogP contribution is -2.32. The fourth-order valence-electron chi connectivity index (χ4n) is 3.05. The quantitative estimate of drug-likeness (QED) is 0.773. The van der Waals surface area contributed by atoms with E-state index in [4.69, 9.17) is 9.15 Å². The van der Waals surface area contributed by atoms with Gasteiger partial charge in [0, 0.05) is 24.4 Å². The van der Waals surface area contributed by atoms with Gasteiger partial charge in [-0.3, -0.25) is 10.1 Å². The van der Waals surface area contributed by atoms with Crippen molar-refractivity contribution in [3.8, 4) is 0 Å². The molecule has 0 spiro atoms. The third-order valence-electron chi connectivity index (χ3n) is 4.62. The number of hydrogen-bond acceptors (Lipinski definition) is 5. The van der Waals surface area contributed by atoms with E-state index >= 15 is 0 Å². The Labute approximate surface area is 160 Å². The number of ether oxygens (including phenoxy) is 1. The molecule has 0 saturated heterocycles. The van der Waals surface area contributed by atoms with Crippen LogP contribution >= 0.6 is 0 Å². The molecule has 2 aromatic rings. The van der Waals surface area contributed by atoms with Crippen molar-refractivity contribution in [2.75, 3.05) is 5.32 Å². The maximum atomic E-state index is 13.3. The number of nitrogens with zero attached hydrogens (tertiary/aromatic N) is 1. The van der Waals surface area contributed by atoms with E-state index in [0.717, 1.165) is 5.56 Å². The van der Waals surface area contributed by atoms with E-state index in [9.17, 15) is 18.4 Å². The van der Waals surface area contributed by atoms with Gasteiger partial charge >= 0.3 is 6.09 Å². The predicted octanol–water partition coefficient (Wildman–Crippen LogP) is 4.04. The number of hydrogen-bond donors (Lipinski definition) is 2. The lowest BCUT2D eigenvalue weighted by molar-refractivity contribution is -0.126. The molecule has 0 aliphatic heterocycles. The molecule has 1 aromatic carbocycles. The molecule has 7 nitrogen and oxygen atoms in total. The SMILES string of the molecule is CC(NC(=O)C1CCC(F)(F)C1)c1ccc(NC(=O)OCc2cnco2)cc1. The second-order valence-corrected chi connectivity index (χ2v) is 6.82. The highest BCUT2D eigenvalue weighted by molar-refractivity contribution is 5.84. The summed E-state index contributed by atoms with van der Waals surface area (Å²) in [4.78, 5) is 27.6. The molecule has 2 amide bonds. The van der Waals surface area contributed by atoms with Crippen LogP contribution in [-0.4, -0.2) is 22.9 Å². The Bertz CT molecular complexity index is 809. The number of amides is 2. The van der Waals surface area contributed by atoms with Crippen molar-refractivity contribution in [1.29, 1.82) is 0 Å². The Hall–Kier alpha value is -2.97. The van der Waals surface area contributed by atoms with Crippen molar-refractivity contribution in [3.05, 3.63) is 48.2 Å². The number of carbonyl (C=O) groups is 2. The minimum atomic E-state index is -2.75. The molecule has 9 heteroatoms. The summed E-state index contributed by atoms with van der Waals surface area (Å²) in [7, 11) is 0. The summed E-state index contributed by atoms with van der Waals surface area (Å²) in [5.74, 6) is -3.34. The number of alkyl halides is 2. The van der Waals surface area contributed by atoms with Gasteiger partial charge in [-0.15, -0.1) is 0 Å². The van der Waals surface area contributed by atoms with Gasteiger partial charge in [-0.25, -0.2) is 18.6 Å². The van der Waals surface area contributed by atoms with Crippen LogP contribution in [0.4, 0.5) is 19.3 Å². The van der Waals surface area contributed by atoms with Gasteiger partial charge in [0.1, 0.15) is 0 Å². The number of rotatable bonds is 6. The summed E-state index contributed by atoms with van der Waals surface area (Å²) < 4.78 is 36.5. The maximum absolute atomic E-state index is 13.3. The predicted molar refractivity (Wildman–Crippen MR) is 95.6 cm³/mol. The van der Waals surface area contributed by atoms with Gasteiger partial charge in [-0.05, 0) is 31.0 Å². The molecule has 0 radical (unpaired) electrons. The largest absolute Gasteiger partial charge is 0.445 e. The van der Waals surface area contributed by atoms with Crippen molar-refractivity contribution < 1.29 is 27.5 Å². The summed E-state index contributed by atoms with van der Waals surface area (Å²) in [6.07, 6.45) is 1.60. The first-order chi connectivity index (χ1) is 13.3. The zero-order chi connectivity index (χ0) is 20.1. The molecule has 1 saturated carbocycles. The normalized spacial score (nSPS) is 19.0. The molecule has 1 aliphatic rings. The fraction of sp³-hybridized carbons (Fsp3) is 0.421. The van der Waals surface area contributed by atoms with Crippen LogP contribution < -0.4 is 10.6 Å². The van der Waals surface area contributed by atoms with Crippen molar-refractivity contribution in [2.24, 2.45) is 5.92 Å². The van der Waals surface area contributed by atoms with E-state index in [-0.39, 0.29) is 31.4 Å². The van der Waals surface area contributed by atoms with Gasteiger partial charge in [0.2, 0.25) is 11.8 Å². The zero-order valence-corrected chi connectivity index (χ0v) is 15.3. The molecule has 1 aromatic heterocycles. The third-order valence-corrected chi connectivity index (χ3v) is 4.62. The highest BCUT2D eigenvalue weighted by Gasteiger charge is 2.42. The van der Waals surface area contributed by atoms with E-state index in [2.05, 4.69) is 15.6 Å². The fourth-order valence-corrected chi connectivity index (χ4v) is 3.05. The summed E-state index contributed by atoms with van der Waals surface area (Å²) in [6, 6.07) is 6.46. The van der Waals surface area contributed by atoms with Crippen molar-refractivity contribution in [3.63, 3.8) is 0 Å². The Kier molecular flexibility index (Phi) is 5.91. The standard InChI is InChI=1S/C19H21F2N3O4/c1-12(23-17(25)14-6-7-19(20,21)8-14)13-2-4-15(5-3-13)24-18(26)27-10-16-9-22-11-28-16/h2-5,9,11-12,14H,6-8,10H2,1H3,(H,23,25)(H,24,26). The van der Waals surface area contributed by atoms with Gasteiger partial charge in [-0.1, -0.05) is 12.1 Å². The van der Waals surface area contributed by atoms with Gasteiger partial charge in [0.05, 0.1) is 12.2 Å². The molecule has 0 bridgehead atoms. The molecule has 2 atom stereocenters. The lowest BCUT2D eigenvalue weighted by atomic mass is 10.0. The second kappa shape index (κ2) is 8.37. The van der Waals surface area contributed by atoms with E-state index < -0.39 is 24.4 Å². The number of nitrogens with one attached hydrogen (secondary N) is 2. The van der Waals surface area contributed by atoms with Crippen molar-refractivity contribution >= 4 is 17.7 Å². The third kappa shape index (κ3) is 5.28. The minimum Gasteiger partial charge on any atom is -0.445 e. The maximum Gasteiger partial charge on any atom is 0.412 e. The smallest absolute Gasteiger partial charge is 0.412 e. The summed E-state index contributed by atoms with van der Waals surface area (Å²) in [5, 5.41) is 5.34. The summed E-state index contributed by atoms with van der Waals surface area (Å²) in [5.41, 5.74) is 1.30. The summed E-state index contributed by atoms with van der Waals surface area (Å²) in [6.45, 7) is 1.74. The highest BCUT2D eigenvalue weighted by Crippen LogP contribution is 2.39. The van der Waals surface area contributed by atoms with Gasteiger partial charge in [0.15, 0.2) is 18.8 Å². The van der Waals surface area contributed by atoms with Gasteiger partial charge in [0.25, 0.3) is 0 Å². The molecule has 1 aliphatic carbocycles. The molecule has 28 heavy (non-hydrogen) atoms. The van der Waals surface area contributed by atoms with Crippen molar-refractivity contribution in [2.45, 2.75) is 44.8 Å². The zero-order valence-electron chi connectivity index (χ0n) is 15.3. The average molecular weight is 393 g/mol. The number of benzene rings is 1.